The zero-order valence-corrected chi connectivity index (χ0v) is 14.4. The Balaban J connectivity index is 1.60. The van der Waals surface area contributed by atoms with Crippen LogP contribution in [0.15, 0.2) is 54.9 Å². The normalized spacial score (nSPS) is 11.3. The minimum atomic E-state index is -0.0494. The van der Waals surface area contributed by atoms with Gasteiger partial charge in [0.25, 0.3) is 5.91 Å². The van der Waals surface area contributed by atoms with E-state index in [4.69, 9.17) is 0 Å². The molecule has 0 aliphatic rings. The number of fused-ring (bicyclic) bond motifs is 3. The van der Waals surface area contributed by atoms with Gasteiger partial charge in [-0.1, -0.05) is 24.3 Å². The Morgan fingerprint density at radius 2 is 1.92 bits per heavy atom. The molecule has 0 saturated heterocycles. The maximum atomic E-state index is 12.6. The van der Waals surface area contributed by atoms with Crippen LogP contribution in [0.3, 0.4) is 0 Å². The van der Waals surface area contributed by atoms with Gasteiger partial charge in [-0.05, 0) is 30.2 Å². The summed E-state index contributed by atoms with van der Waals surface area (Å²) in [6.45, 7) is 0.590. The molecule has 0 aliphatic heterocycles. The number of para-hydroxylation sites is 1. The van der Waals surface area contributed by atoms with E-state index in [0.29, 0.717) is 12.2 Å². The van der Waals surface area contributed by atoms with Gasteiger partial charge < -0.3 is 14.5 Å². The predicted molar refractivity (Wildman–Crippen MR) is 99.7 cm³/mol. The van der Waals surface area contributed by atoms with Crippen molar-refractivity contribution in [1.82, 2.24) is 19.4 Å². The van der Waals surface area contributed by atoms with Crippen LogP contribution in [0.2, 0.25) is 0 Å². The van der Waals surface area contributed by atoms with Crippen molar-refractivity contribution in [2.75, 3.05) is 6.54 Å². The second-order valence-corrected chi connectivity index (χ2v) is 6.27. The molecule has 3 heterocycles. The lowest BCUT2D eigenvalue weighted by Gasteiger charge is -2.07. The minimum absolute atomic E-state index is 0.0494. The van der Waals surface area contributed by atoms with E-state index in [0.717, 1.165) is 28.4 Å². The van der Waals surface area contributed by atoms with Crippen LogP contribution in [0, 0.1) is 0 Å². The third kappa shape index (κ3) is 2.58. The summed E-state index contributed by atoms with van der Waals surface area (Å²) in [6.07, 6.45) is 4.35. The number of amides is 1. The second-order valence-electron chi connectivity index (χ2n) is 6.27. The zero-order chi connectivity index (χ0) is 17.4. The largest absolute Gasteiger partial charge is 0.350 e. The first kappa shape index (κ1) is 15.4. The highest BCUT2D eigenvalue weighted by molar-refractivity contribution is 6.10. The van der Waals surface area contributed by atoms with E-state index >= 15 is 0 Å². The summed E-state index contributed by atoms with van der Waals surface area (Å²) < 4.78 is 4.12. The Kier molecular flexibility index (Phi) is 3.76. The molecule has 126 valence electrons. The van der Waals surface area contributed by atoms with Crippen LogP contribution < -0.4 is 5.32 Å². The third-order valence-corrected chi connectivity index (χ3v) is 4.75. The lowest BCUT2D eigenvalue weighted by atomic mass is 10.2. The third-order valence-electron chi connectivity index (χ3n) is 4.75. The molecule has 0 radical (unpaired) electrons. The molecule has 1 N–H and O–H groups in total. The number of carbonyl (C=O) groups is 1. The fraction of sp³-hybridized carbons (Fsp3) is 0.200. The van der Waals surface area contributed by atoms with Gasteiger partial charge in [0, 0.05) is 38.4 Å². The van der Waals surface area contributed by atoms with Crippen molar-refractivity contribution < 1.29 is 4.79 Å². The van der Waals surface area contributed by atoms with Crippen LogP contribution in [0.1, 0.15) is 16.1 Å². The standard InChI is InChI=1S/C20H20N4O/c1-23-16-8-4-3-7-15(16)19-17(23)12-18(24(19)2)20(25)22-11-9-14-6-5-10-21-13-14/h3-8,10,12-13H,9,11H2,1-2H3,(H,22,25). The number of carbonyl (C=O) groups excluding carboxylic acids is 1. The monoisotopic (exact) mass is 332 g/mol. The molecule has 1 amide bonds. The summed E-state index contributed by atoms with van der Waals surface area (Å²) in [6, 6.07) is 14.2. The second kappa shape index (κ2) is 6.09. The Labute approximate surface area is 145 Å². The van der Waals surface area contributed by atoms with Gasteiger partial charge in [0.2, 0.25) is 0 Å². The first-order valence-corrected chi connectivity index (χ1v) is 8.37. The van der Waals surface area contributed by atoms with Gasteiger partial charge in [-0.3, -0.25) is 9.78 Å². The number of nitrogens with zero attached hydrogens (tertiary/aromatic N) is 3. The molecule has 0 spiro atoms. The maximum Gasteiger partial charge on any atom is 0.268 e. The van der Waals surface area contributed by atoms with Crippen molar-refractivity contribution in [3.63, 3.8) is 0 Å². The van der Waals surface area contributed by atoms with Crippen LogP contribution in [0.5, 0.6) is 0 Å². The van der Waals surface area contributed by atoms with Gasteiger partial charge in [-0.2, -0.15) is 0 Å². The van der Waals surface area contributed by atoms with Crippen molar-refractivity contribution >= 4 is 27.8 Å². The smallest absolute Gasteiger partial charge is 0.268 e. The molecular formula is C20H20N4O. The Bertz CT molecular complexity index is 1060. The summed E-state index contributed by atoms with van der Waals surface area (Å²) >= 11 is 0. The lowest BCUT2D eigenvalue weighted by Crippen LogP contribution is -2.27. The Morgan fingerprint density at radius 3 is 2.72 bits per heavy atom. The van der Waals surface area contributed by atoms with Gasteiger partial charge in [0.1, 0.15) is 5.69 Å². The average Bonchev–Trinajstić information content (AvgIpc) is 3.12. The quantitative estimate of drug-likeness (QED) is 0.624. The molecule has 5 heteroatoms. The highest BCUT2D eigenvalue weighted by Gasteiger charge is 2.18. The fourth-order valence-corrected chi connectivity index (χ4v) is 3.43. The topological polar surface area (TPSA) is 51.9 Å². The average molecular weight is 332 g/mol. The molecule has 3 aromatic heterocycles. The number of pyridine rings is 1. The molecule has 0 fully saturated rings. The van der Waals surface area contributed by atoms with Crippen molar-refractivity contribution in [3.8, 4) is 0 Å². The van der Waals surface area contributed by atoms with E-state index in [9.17, 15) is 4.79 Å². The molecular weight excluding hydrogens is 312 g/mol. The fourth-order valence-electron chi connectivity index (χ4n) is 3.43. The van der Waals surface area contributed by atoms with Crippen LogP contribution in [0.25, 0.3) is 21.9 Å². The van der Waals surface area contributed by atoms with Gasteiger partial charge in [-0.15, -0.1) is 0 Å². The van der Waals surface area contributed by atoms with Gasteiger partial charge in [0.05, 0.1) is 16.6 Å². The highest BCUT2D eigenvalue weighted by Crippen LogP contribution is 2.30. The molecule has 4 aromatic rings. The van der Waals surface area contributed by atoms with Gasteiger partial charge >= 0.3 is 0 Å². The van der Waals surface area contributed by atoms with E-state index in [-0.39, 0.29) is 5.91 Å². The number of benzene rings is 1. The lowest BCUT2D eigenvalue weighted by molar-refractivity contribution is 0.0946. The predicted octanol–water partition coefficient (Wildman–Crippen LogP) is 3.04. The molecule has 0 saturated carbocycles. The summed E-state index contributed by atoms with van der Waals surface area (Å²) in [5.74, 6) is -0.0494. The minimum Gasteiger partial charge on any atom is -0.350 e. The Morgan fingerprint density at radius 1 is 1.08 bits per heavy atom. The Hall–Kier alpha value is -3.08. The first-order valence-electron chi connectivity index (χ1n) is 8.37. The van der Waals surface area contributed by atoms with Crippen LogP contribution in [-0.2, 0) is 20.5 Å². The number of hydrogen-bond donors (Lipinski definition) is 1. The first-order chi connectivity index (χ1) is 12.2. The van der Waals surface area contributed by atoms with E-state index in [2.05, 4.69) is 27.0 Å². The van der Waals surface area contributed by atoms with Crippen molar-refractivity contribution in [2.24, 2.45) is 14.1 Å². The van der Waals surface area contributed by atoms with E-state index in [1.165, 1.54) is 5.52 Å². The highest BCUT2D eigenvalue weighted by atomic mass is 16.1. The number of hydrogen-bond acceptors (Lipinski definition) is 2. The SMILES string of the molecule is Cn1c(C(=O)NCCc2cccnc2)cc2c1c1ccccc1n2C. The molecule has 0 bridgehead atoms. The number of rotatable bonds is 4. The van der Waals surface area contributed by atoms with Crippen LogP contribution in [-0.4, -0.2) is 26.6 Å². The van der Waals surface area contributed by atoms with Gasteiger partial charge in [-0.25, -0.2) is 0 Å². The van der Waals surface area contributed by atoms with Crippen LogP contribution in [0.4, 0.5) is 0 Å². The molecule has 0 unspecified atom stereocenters. The van der Waals surface area contributed by atoms with Crippen LogP contribution >= 0.6 is 0 Å². The van der Waals surface area contributed by atoms with E-state index in [1.54, 1.807) is 6.20 Å². The van der Waals surface area contributed by atoms with Gasteiger partial charge in [0.15, 0.2) is 0 Å². The summed E-state index contributed by atoms with van der Waals surface area (Å²) in [7, 11) is 3.99. The maximum absolute atomic E-state index is 12.6. The van der Waals surface area contributed by atoms with Crippen molar-refractivity contribution in [2.45, 2.75) is 6.42 Å². The number of aryl methyl sites for hydroxylation is 2. The molecule has 1 aromatic carbocycles. The molecule has 25 heavy (non-hydrogen) atoms. The number of aromatic nitrogens is 3. The van der Waals surface area contributed by atoms with E-state index in [1.807, 2.05) is 55.2 Å². The summed E-state index contributed by atoms with van der Waals surface area (Å²) in [5, 5.41) is 4.17. The molecule has 0 aliphatic carbocycles. The van der Waals surface area contributed by atoms with Crippen molar-refractivity contribution in [1.29, 1.82) is 0 Å². The number of nitrogens with one attached hydrogen (secondary N) is 1. The zero-order valence-electron chi connectivity index (χ0n) is 14.4. The summed E-state index contributed by atoms with van der Waals surface area (Å²) in [4.78, 5) is 16.7. The van der Waals surface area contributed by atoms with Crippen molar-refractivity contribution in [3.05, 3.63) is 66.1 Å². The summed E-state index contributed by atoms with van der Waals surface area (Å²) in [5.41, 5.74) is 5.13. The van der Waals surface area contributed by atoms with E-state index < -0.39 is 0 Å². The molecule has 0 atom stereocenters. The molecule has 4 rings (SSSR count). The molecule has 5 nitrogen and oxygen atoms in total.